The smallest absolute Gasteiger partial charge is 0.0769 e. The van der Waals surface area contributed by atoms with Crippen molar-refractivity contribution in [3.05, 3.63) is 29.8 Å². The Morgan fingerprint density at radius 3 is 2.77 bits per heavy atom. The lowest BCUT2D eigenvalue weighted by Crippen LogP contribution is -2.11. The van der Waals surface area contributed by atoms with Gasteiger partial charge in [-0.05, 0) is 18.6 Å². The molecule has 0 spiro atoms. The number of thioether (sulfide) groups is 1. The topological polar surface area (TPSA) is 20.2 Å². The average Bonchev–Trinajstić information content (AvgIpc) is 2.16. The molecule has 0 radical (unpaired) electrons. The van der Waals surface area contributed by atoms with Crippen LogP contribution in [0.15, 0.2) is 29.2 Å². The molecule has 0 aliphatic carbocycles. The van der Waals surface area contributed by atoms with Gasteiger partial charge in [0.05, 0.1) is 6.10 Å². The van der Waals surface area contributed by atoms with Crippen molar-refractivity contribution in [1.82, 2.24) is 0 Å². The summed E-state index contributed by atoms with van der Waals surface area (Å²) in [4.78, 5) is 1.21. The fraction of sp³-hybridized carbons (Fsp3) is 0.400. The van der Waals surface area contributed by atoms with Crippen LogP contribution in [0.4, 0.5) is 0 Å². The van der Waals surface area contributed by atoms with Crippen LogP contribution in [0.5, 0.6) is 0 Å². The number of benzene rings is 1. The number of halogens is 1. The van der Waals surface area contributed by atoms with E-state index in [0.717, 1.165) is 0 Å². The minimum absolute atomic E-state index is 0.304. The summed E-state index contributed by atoms with van der Waals surface area (Å²) in [6.07, 6.45) is -0.411. The minimum atomic E-state index is -0.411. The summed E-state index contributed by atoms with van der Waals surface area (Å²) in [5.74, 6) is 0.966. The molecule has 1 atom stereocenters. The van der Waals surface area contributed by atoms with E-state index in [2.05, 4.69) is 19.1 Å². The van der Waals surface area contributed by atoms with Crippen molar-refractivity contribution in [3.63, 3.8) is 0 Å². The standard InChI is InChI=1S/C10H13ClOS/c1-8-4-2-3-5-10(8)13-7-9(12)6-11/h2-5,9,12H,6-7H2,1H3. The Labute approximate surface area is 88.1 Å². The van der Waals surface area contributed by atoms with E-state index in [-0.39, 0.29) is 0 Å². The molecular formula is C10H13ClOS. The molecule has 72 valence electrons. The van der Waals surface area contributed by atoms with Crippen molar-refractivity contribution in [3.8, 4) is 0 Å². The Kier molecular flexibility index (Phi) is 4.64. The monoisotopic (exact) mass is 216 g/mol. The van der Waals surface area contributed by atoms with Gasteiger partial charge in [0.25, 0.3) is 0 Å². The zero-order valence-corrected chi connectivity index (χ0v) is 9.11. The van der Waals surface area contributed by atoms with Crippen molar-refractivity contribution in [2.75, 3.05) is 11.6 Å². The van der Waals surface area contributed by atoms with E-state index in [1.54, 1.807) is 11.8 Å². The van der Waals surface area contributed by atoms with Crippen LogP contribution in [0, 0.1) is 6.92 Å². The number of rotatable bonds is 4. The molecule has 0 saturated heterocycles. The molecule has 0 bridgehead atoms. The predicted octanol–water partition coefficient (Wildman–Crippen LogP) is 2.69. The molecular weight excluding hydrogens is 204 g/mol. The Hall–Kier alpha value is -0.180. The fourth-order valence-electron chi connectivity index (χ4n) is 0.949. The van der Waals surface area contributed by atoms with Crippen LogP contribution in [0.1, 0.15) is 5.56 Å². The summed E-state index contributed by atoms with van der Waals surface area (Å²) in [7, 11) is 0. The molecule has 0 aliphatic rings. The average molecular weight is 217 g/mol. The fourth-order valence-corrected chi connectivity index (χ4v) is 2.15. The second-order valence-electron chi connectivity index (χ2n) is 2.88. The molecule has 1 N–H and O–H groups in total. The van der Waals surface area contributed by atoms with Gasteiger partial charge in [-0.1, -0.05) is 18.2 Å². The summed E-state index contributed by atoms with van der Waals surface area (Å²) in [5.41, 5.74) is 1.24. The van der Waals surface area contributed by atoms with E-state index < -0.39 is 6.10 Å². The third-order valence-corrected chi connectivity index (χ3v) is 3.38. The number of aliphatic hydroxyl groups excluding tert-OH is 1. The maximum atomic E-state index is 9.26. The highest BCUT2D eigenvalue weighted by atomic mass is 35.5. The molecule has 1 aromatic carbocycles. The lowest BCUT2D eigenvalue weighted by atomic mass is 10.2. The molecule has 13 heavy (non-hydrogen) atoms. The van der Waals surface area contributed by atoms with Crippen LogP contribution in [-0.2, 0) is 0 Å². The molecule has 0 amide bonds. The Morgan fingerprint density at radius 1 is 1.46 bits per heavy atom. The van der Waals surface area contributed by atoms with Gasteiger partial charge < -0.3 is 5.11 Å². The minimum Gasteiger partial charge on any atom is -0.391 e. The first-order chi connectivity index (χ1) is 6.24. The molecule has 0 heterocycles. The van der Waals surface area contributed by atoms with Gasteiger partial charge in [-0.15, -0.1) is 23.4 Å². The van der Waals surface area contributed by atoms with Crippen LogP contribution in [0.2, 0.25) is 0 Å². The van der Waals surface area contributed by atoms with Gasteiger partial charge in [-0.3, -0.25) is 0 Å². The first-order valence-electron chi connectivity index (χ1n) is 4.16. The van der Waals surface area contributed by atoms with Crippen LogP contribution < -0.4 is 0 Å². The second-order valence-corrected chi connectivity index (χ2v) is 4.26. The van der Waals surface area contributed by atoms with Gasteiger partial charge in [-0.2, -0.15) is 0 Å². The van der Waals surface area contributed by atoms with E-state index in [1.807, 2.05) is 12.1 Å². The van der Waals surface area contributed by atoms with Crippen molar-refractivity contribution in [1.29, 1.82) is 0 Å². The van der Waals surface area contributed by atoms with Crippen molar-refractivity contribution in [2.24, 2.45) is 0 Å². The van der Waals surface area contributed by atoms with E-state index in [4.69, 9.17) is 11.6 Å². The van der Waals surface area contributed by atoms with E-state index in [1.165, 1.54) is 10.5 Å². The highest BCUT2D eigenvalue weighted by Gasteiger charge is 2.03. The SMILES string of the molecule is Cc1ccccc1SCC(O)CCl. The summed E-state index contributed by atoms with van der Waals surface area (Å²) in [5, 5.41) is 9.26. The van der Waals surface area contributed by atoms with Gasteiger partial charge in [-0.25, -0.2) is 0 Å². The lowest BCUT2D eigenvalue weighted by molar-refractivity contribution is 0.223. The van der Waals surface area contributed by atoms with Crippen molar-refractivity contribution in [2.45, 2.75) is 17.9 Å². The summed E-state index contributed by atoms with van der Waals surface area (Å²) >= 11 is 7.14. The highest BCUT2D eigenvalue weighted by Crippen LogP contribution is 2.22. The van der Waals surface area contributed by atoms with Gasteiger partial charge in [0.1, 0.15) is 0 Å². The summed E-state index contributed by atoms with van der Waals surface area (Å²) < 4.78 is 0. The van der Waals surface area contributed by atoms with Crippen molar-refractivity contribution < 1.29 is 5.11 Å². The Balaban J connectivity index is 2.50. The molecule has 0 fully saturated rings. The molecule has 1 aromatic rings. The van der Waals surface area contributed by atoms with Crippen LogP contribution >= 0.6 is 23.4 Å². The maximum Gasteiger partial charge on any atom is 0.0769 e. The number of aryl methyl sites for hydroxylation is 1. The van der Waals surface area contributed by atoms with Crippen LogP contribution in [0.3, 0.4) is 0 Å². The Bertz CT molecular complexity index is 265. The molecule has 1 rings (SSSR count). The van der Waals surface area contributed by atoms with Gasteiger partial charge in [0.2, 0.25) is 0 Å². The van der Waals surface area contributed by atoms with E-state index in [9.17, 15) is 5.11 Å². The molecule has 1 nitrogen and oxygen atoms in total. The summed E-state index contributed by atoms with van der Waals surface area (Å²) in [6.45, 7) is 2.06. The van der Waals surface area contributed by atoms with Crippen LogP contribution in [0.25, 0.3) is 0 Å². The third kappa shape index (κ3) is 3.59. The molecule has 1 unspecified atom stereocenters. The van der Waals surface area contributed by atoms with Gasteiger partial charge in [0, 0.05) is 16.5 Å². The number of alkyl halides is 1. The molecule has 3 heteroatoms. The normalized spacial score (nSPS) is 12.8. The second kappa shape index (κ2) is 5.53. The quantitative estimate of drug-likeness (QED) is 0.617. The Morgan fingerprint density at radius 2 is 2.15 bits per heavy atom. The third-order valence-electron chi connectivity index (χ3n) is 1.70. The number of aliphatic hydroxyl groups is 1. The van der Waals surface area contributed by atoms with Crippen molar-refractivity contribution >= 4 is 23.4 Å². The summed E-state index contributed by atoms with van der Waals surface area (Å²) in [6, 6.07) is 8.14. The van der Waals surface area contributed by atoms with Gasteiger partial charge in [0.15, 0.2) is 0 Å². The number of hydrogen-bond acceptors (Lipinski definition) is 2. The maximum absolute atomic E-state index is 9.26. The first-order valence-corrected chi connectivity index (χ1v) is 5.68. The lowest BCUT2D eigenvalue weighted by Gasteiger charge is -2.07. The molecule has 0 saturated carbocycles. The first kappa shape index (κ1) is 10.9. The predicted molar refractivity (Wildman–Crippen MR) is 58.6 cm³/mol. The zero-order chi connectivity index (χ0) is 9.68. The van der Waals surface area contributed by atoms with Crippen LogP contribution in [-0.4, -0.2) is 22.8 Å². The van der Waals surface area contributed by atoms with Gasteiger partial charge >= 0.3 is 0 Å². The molecule has 0 aromatic heterocycles. The largest absolute Gasteiger partial charge is 0.391 e. The molecule has 0 aliphatic heterocycles. The van der Waals surface area contributed by atoms with E-state index in [0.29, 0.717) is 11.6 Å². The zero-order valence-electron chi connectivity index (χ0n) is 7.53. The van der Waals surface area contributed by atoms with E-state index >= 15 is 0 Å². The number of hydrogen-bond donors (Lipinski definition) is 1. The highest BCUT2D eigenvalue weighted by molar-refractivity contribution is 7.99.